The fourth-order valence-corrected chi connectivity index (χ4v) is 3.33. The maximum absolute atomic E-state index is 10.9. The molecule has 1 fully saturated rings. The fraction of sp³-hybridized carbons (Fsp3) is 0.650. The summed E-state index contributed by atoms with van der Waals surface area (Å²) in [6, 6.07) is 8.38. The Hall–Kier alpha value is -1.39. The topological polar surface area (TPSA) is 45.1 Å². The molecule has 1 heterocycles. The fourth-order valence-electron chi connectivity index (χ4n) is 3.33. The van der Waals surface area contributed by atoms with Crippen molar-refractivity contribution < 1.29 is 9.84 Å². The Bertz CT molecular complexity index is 541. The standard InChI is InChI=1S/C20H32N2O2/c1-15(2)24-19-8-6-18(7-9-19)13-21-11-10-20(23)12-17(4)22(5)14-16(20)3/h6-9,13,15-17,23H,10-12,14H2,1-5H3/t16-,17+,20-/m0/s1. The monoisotopic (exact) mass is 332 g/mol. The lowest BCUT2D eigenvalue weighted by atomic mass is 9.77. The lowest BCUT2D eigenvalue weighted by molar-refractivity contribution is -0.0818. The van der Waals surface area contributed by atoms with Crippen LogP contribution in [0.2, 0.25) is 0 Å². The van der Waals surface area contributed by atoms with E-state index in [4.69, 9.17) is 4.74 Å². The lowest BCUT2D eigenvalue weighted by Gasteiger charge is -2.45. The summed E-state index contributed by atoms with van der Waals surface area (Å²) >= 11 is 0. The maximum Gasteiger partial charge on any atom is 0.119 e. The molecule has 0 unspecified atom stereocenters. The van der Waals surface area contributed by atoms with E-state index < -0.39 is 5.60 Å². The maximum atomic E-state index is 10.9. The van der Waals surface area contributed by atoms with Crippen LogP contribution in [0.4, 0.5) is 0 Å². The lowest BCUT2D eigenvalue weighted by Crippen LogP contribution is -2.53. The van der Waals surface area contributed by atoms with Crippen LogP contribution in [-0.2, 0) is 0 Å². The number of hydrogen-bond acceptors (Lipinski definition) is 4. The van der Waals surface area contributed by atoms with Gasteiger partial charge in [-0.15, -0.1) is 0 Å². The highest BCUT2D eigenvalue weighted by Crippen LogP contribution is 2.33. The largest absolute Gasteiger partial charge is 0.491 e. The molecule has 4 nitrogen and oxygen atoms in total. The normalized spacial score (nSPS) is 28.6. The molecule has 0 spiro atoms. The van der Waals surface area contributed by atoms with E-state index in [1.807, 2.05) is 44.3 Å². The van der Waals surface area contributed by atoms with Crippen LogP contribution in [0.5, 0.6) is 5.75 Å². The van der Waals surface area contributed by atoms with Crippen molar-refractivity contribution >= 4 is 6.21 Å². The number of aliphatic hydroxyl groups is 1. The smallest absolute Gasteiger partial charge is 0.119 e. The zero-order chi connectivity index (χ0) is 17.7. The Morgan fingerprint density at radius 2 is 2.00 bits per heavy atom. The van der Waals surface area contributed by atoms with E-state index >= 15 is 0 Å². The Balaban J connectivity index is 1.85. The third-order valence-corrected chi connectivity index (χ3v) is 5.05. The molecule has 0 amide bonds. The highest BCUT2D eigenvalue weighted by molar-refractivity contribution is 5.79. The molecule has 134 valence electrons. The number of likely N-dealkylation sites (tertiary alicyclic amines) is 1. The van der Waals surface area contributed by atoms with Crippen LogP contribution < -0.4 is 4.74 Å². The molecule has 1 aromatic rings. The average molecular weight is 332 g/mol. The van der Waals surface area contributed by atoms with Gasteiger partial charge in [-0.05, 0) is 76.4 Å². The van der Waals surface area contributed by atoms with E-state index in [1.165, 1.54) is 0 Å². The summed E-state index contributed by atoms with van der Waals surface area (Å²) in [5, 5.41) is 10.9. The van der Waals surface area contributed by atoms with Gasteiger partial charge >= 0.3 is 0 Å². The molecule has 0 bridgehead atoms. The summed E-state index contributed by atoms with van der Waals surface area (Å²) in [4.78, 5) is 6.83. The Labute approximate surface area is 146 Å². The molecule has 4 heteroatoms. The van der Waals surface area contributed by atoms with Crippen LogP contribution in [-0.4, -0.2) is 54.1 Å². The third kappa shape index (κ3) is 5.05. The second-order valence-corrected chi connectivity index (χ2v) is 7.52. The SMILES string of the molecule is CC(C)Oc1ccc(C=NCC[C@]2(O)C[C@@H](C)N(C)C[C@@H]2C)cc1. The minimum Gasteiger partial charge on any atom is -0.491 e. The number of rotatable bonds is 6. The summed E-state index contributed by atoms with van der Waals surface area (Å²) < 4.78 is 5.64. The summed E-state index contributed by atoms with van der Waals surface area (Å²) in [6.45, 7) is 9.95. The summed E-state index contributed by atoms with van der Waals surface area (Å²) in [5.74, 6) is 1.16. The molecule has 0 radical (unpaired) electrons. The van der Waals surface area contributed by atoms with Gasteiger partial charge < -0.3 is 14.7 Å². The number of aliphatic imine (C=N–C) groups is 1. The van der Waals surface area contributed by atoms with Gasteiger partial charge in [0.15, 0.2) is 0 Å². The molecule has 0 aliphatic carbocycles. The van der Waals surface area contributed by atoms with Crippen molar-refractivity contribution in [3.05, 3.63) is 29.8 Å². The van der Waals surface area contributed by atoms with Crippen LogP contribution >= 0.6 is 0 Å². The van der Waals surface area contributed by atoms with Crippen LogP contribution in [0.3, 0.4) is 0 Å². The van der Waals surface area contributed by atoms with Gasteiger partial charge in [0, 0.05) is 25.3 Å². The van der Waals surface area contributed by atoms with Crippen molar-refractivity contribution in [3.63, 3.8) is 0 Å². The minimum absolute atomic E-state index is 0.184. The molecule has 0 aromatic heterocycles. The molecular weight excluding hydrogens is 300 g/mol. The number of ether oxygens (including phenoxy) is 1. The van der Waals surface area contributed by atoms with Gasteiger partial charge in [0.05, 0.1) is 11.7 Å². The third-order valence-electron chi connectivity index (χ3n) is 5.05. The molecule has 2 rings (SSSR count). The van der Waals surface area contributed by atoms with E-state index in [1.54, 1.807) is 0 Å². The Kier molecular flexibility index (Phi) is 6.41. The van der Waals surface area contributed by atoms with Gasteiger partial charge in [0.2, 0.25) is 0 Å². The zero-order valence-electron chi connectivity index (χ0n) is 15.7. The van der Waals surface area contributed by atoms with Crippen molar-refractivity contribution in [1.29, 1.82) is 0 Å². The van der Waals surface area contributed by atoms with Crippen LogP contribution in [0.25, 0.3) is 0 Å². The molecule has 0 saturated carbocycles. The molecule has 1 aliphatic heterocycles. The first-order valence-electron chi connectivity index (χ1n) is 8.99. The molecule has 1 aromatic carbocycles. The van der Waals surface area contributed by atoms with Gasteiger partial charge in [0.1, 0.15) is 5.75 Å². The first-order valence-corrected chi connectivity index (χ1v) is 8.99. The quantitative estimate of drug-likeness (QED) is 0.812. The van der Waals surface area contributed by atoms with E-state index in [2.05, 4.69) is 30.8 Å². The highest BCUT2D eigenvalue weighted by atomic mass is 16.5. The molecule has 1 N–H and O–H groups in total. The van der Waals surface area contributed by atoms with Gasteiger partial charge in [0.25, 0.3) is 0 Å². The van der Waals surface area contributed by atoms with Gasteiger partial charge in [-0.25, -0.2) is 0 Å². The van der Waals surface area contributed by atoms with Crippen molar-refractivity contribution in [3.8, 4) is 5.75 Å². The van der Waals surface area contributed by atoms with Gasteiger partial charge in [-0.3, -0.25) is 4.99 Å². The van der Waals surface area contributed by atoms with E-state index in [-0.39, 0.29) is 12.0 Å². The predicted molar refractivity (Wildman–Crippen MR) is 100 cm³/mol. The second kappa shape index (κ2) is 8.13. The number of nitrogens with zero attached hydrogens (tertiary/aromatic N) is 2. The Morgan fingerprint density at radius 3 is 2.62 bits per heavy atom. The summed E-state index contributed by atoms with van der Waals surface area (Å²) in [7, 11) is 2.13. The molecule has 3 atom stereocenters. The number of piperidine rings is 1. The Morgan fingerprint density at radius 1 is 1.33 bits per heavy atom. The van der Waals surface area contributed by atoms with Crippen molar-refractivity contribution in [2.75, 3.05) is 20.1 Å². The molecule has 1 saturated heterocycles. The van der Waals surface area contributed by atoms with Crippen molar-refractivity contribution in [2.45, 2.75) is 58.3 Å². The molecular formula is C20H32N2O2. The number of benzene rings is 1. The van der Waals surface area contributed by atoms with Gasteiger partial charge in [-0.1, -0.05) is 6.92 Å². The van der Waals surface area contributed by atoms with Gasteiger partial charge in [-0.2, -0.15) is 0 Å². The molecule has 1 aliphatic rings. The first kappa shape index (κ1) is 18.9. The second-order valence-electron chi connectivity index (χ2n) is 7.52. The minimum atomic E-state index is -0.599. The van der Waals surface area contributed by atoms with Crippen LogP contribution in [0.15, 0.2) is 29.3 Å². The van der Waals surface area contributed by atoms with Crippen molar-refractivity contribution in [2.24, 2.45) is 10.9 Å². The predicted octanol–water partition coefficient (Wildman–Crippen LogP) is 3.37. The van der Waals surface area contributed by atoms with Crippen LogP contribution in [0, 0.1) is 5.92 Å². The van der Waals surface area contributed by atoms with E-state index in [0.29, 0.717) is 12.6 Å². The highest BCUT2D eigenvalue weighted by Gasteiger charge is 2.40. The summed E-state index contributed by atoms with van der Waals surface area (Å²) in [6.07, 6.45) is 3.61. The van der Waals surface area contributed by atoms with Crippen LogP contribution in [0.1, 0.15) is 46.1 Å². The first-order chi connectivity index (χ1) is 11.3. The average Bonchev–Trinajstić information content (AvgIpc) is 2.51. The van der Waals surface area contributed by atoms with Crippen molar-refractivity contribution in [1.82, 2.24) is 4.90 Å². The number of hydrogen-bond donors (Lipinski definition) is 1. The van der Waals surface area contributed by atoms with E-state index in [9.17, 15) is 5.11 Å². The molecule has 24 heavy (non-hydrogen) atoms. The summed E-state index contributed by atoms with van der Waals surface area (Å²) in [5.41, 5.74) is 0.459. The van der Waals surface area contributed by atoms with E-state index in [0.717, 1.165) is 30.7 Å². The zero-order valence-corrected chi connectivity index (χ0v) is 15.7.